The van der Waals surface area contributed by atoms with E-state index in [1.807, 2.05) is 48.5 Å². The van der Waals surface area contributed by atoms with Gasteiger partial charge >= 0.3 is 0 Å². The van der Waals surface area contributed by atoms with E-state index < -0.39 is 0 Å². The number of aromatic nitrogens is 2. The second kappa shape index (κ2) is 13.1. The fraction of sp³-hybridized carbons (Fsp3) is 0.370. The molecule has 38 heavy (non-hydrogen) atoms. The highest BCUT2D eigenvalue weighted by Crippen LogP contribution is 2.34. The van der Waals surface area contributed by atoms with Crippen molar-refractivity contribution in [2.75, 3.05) is 74.9 Å². The van der Waals surface area contributed by atoms with Crippen molar-refractivity contribution < 1.29 is 18.9 Å². The molecule has 0 amide bonds. The summed E-state index contributed by atoms with van der Waals surface area (Å²) in [5.74, 6) is 3.53. The van der Waals surface area contributed by atoms with Crippen LogP contribution in [0.25, 0.3) is 0 Å². The second-order valence-electron chi connectivity index (χ2n) is 8.79. The van der Waals surface area contributed by atoms with Gasteiger partial charge in [0.1, 0.15) is 12.4 Å². The summed E-state index contributed by atoms with van der Waals surface area (Å²) >= 11 is 2.26. The van der Waals surface area contributed by atoms with E-state index in [9.17, 15) is 0 Å². The van der Waals surface area contributed by atoms with Crippen LogP contribution in [0, 0.1) is 3.57 Å². The molecule has 0 radical (unpaired) electrons. The number of nitrogens with zero attached hydrogens (tertiary/aromatic N) is 5. The monoisotopic (exact) mass is 630 g/mol. The number of hydrogen-bond acceptors (Lipinski definition) is 10. The Kier molecular flexibility index (Phi) is 9.10. The van der Waals surface area contributed by atoms with Gasteiger partial charge in [-0.05, 0) is 45.9 Å². The number of methoxy groups -OCH3 is 1. The summed E-state index contributed by atoms with van der Waals surface area (Å²) in [4.78, 5) is 13.9. The number of hydrogen-bond donors (Lipinski definition) is 1. The molecular formula is C27H31IN6O4. The Balaban J connectivity index is 1.32. The molecule has 0 bridgehead atoms. The fourth-order valence-electron chi connectivity index (χ4n) is 4.20. The predicted molar refractivity (Wildman–Crippen MR) is 156 cm³/mol. The average molecular weight is 630 g/mol. The first-order valence-electron chi connectivity index (χ1n) is 12.6. The van der Waals surface area contributed by atoms with Crippen LogP contribution < -0.4 is 24.7 Å². The Hall–Kier alpha value is -3.16. The zero-order valence-corrected chi connectivity index (χ0v) is 23.5. The van der Waals surface area contributed by atoms with Crippen LogP contribution in [0.5, 0.6) is 11.5 Å². The zero-order valence-electron chi connectivity index (χ0n) is 21.3. The van der Waals surface area contributed by atoms with Crippen molar-refractivity contribution in [1.29, 1.82) is 0 Å². The summed E-state index contributed by atoms with van der Waals surface area (Å²) < 4.78 is 23.7. The summed E-state index contributed by atoms with van der Waals surface area (Å²) in [5, 5.41) is 4.47. The van der Waals surface area contributed by atoms with Crippen LogP contribution in [0.1, 0.15) is 11.1 Å². The molecule has 2 aliphatic heterocycles. The molecule has 5 rings (SSSR count). The van der Waals surface area contributed by atoms with Crippen LogP contribution >= 0.6 is 22.6 Å². The fourth-order valence-corrected chi connectivity index (χ4v) is 4.98. The highest BCUT2D eigenvalue weighted by molar-refractivity contribution is 14.1. The highest BCUT2D eigenvalue weighted by atomic mass is 127. The standard InChI is InChI=1S/C27H31IN6O4/c1-35-23-16-21(15-22(28)26(23)38-19-20-5-3-2-4-6-20)18-29-32-24-17-25(33-7-11-36-12-8-33)31-27(30-24)34-9-13-37-14-10-34/h2-6,15-18H,7-14,19H2,1H3,(H,30,31,32)/b29-18-. The smallest absolute Gasteiger partial charge is 0.229 e. The van der Waals surface area contributed by atoms with Crippen molar-refractivity contribution >= 4 is 46.4 Å². The average Bonchev–Trinajstić information content (AvgIpc) is 2.97. The van der Waals surface area contributed by atoms with Crippen LogP contribution in [-0.2, 0) is 16.1 Å². The van der Waals surface area contributed by atoms with Crippen LogP contribution in [0.2, 0.25) is 0 Å². The molecule has 200 valence electrons. The molecule has 1 N–H and O–H groups in total. The van der Waals surface area contributed by atoms with Gasteiger partial charge in [-0.15, -0.1) is 0 Å². The predicted octanol–water partition coefficient (Wildman–Crippen LogP) is 3.79. The van der Waals surface area contributed by atoms with Gasteiger partial charge in [0.15, 0.2) is 17.3 Å². The topological polar surface area (TPSA) is 93.6 Å². The maximum atomic E-state index is 6.08. The maximum Gasteiger partial charge on any atom is 0.229 e. The summed E-state index contributed by atoms with van der Waals surface area (Å²) in [5.41, 5.74) is 5.07. The minimum atomic E-state index is 0.465. The van der Waals surface area contributed by atoms with E-state index in [0.717, 1.165) is 46.7 Å². The lowest BCUT2D eigenvalue weighted by Crippen LogP contribution is -2.39. The number of anilines is 3. The van der Waals surface area contributed by atoms with E-state index in [1.54, 1.807) is 13.3 Å². The molecule has 0 spiro atoms. The van der Waals surface area contributed by atoms with E-state index in [2.05, 4.69) is 42.9 Å². The molecule has 0 aliphatic carbocycles. The Bertz CT molecular complexity index is 1200. The number of morpholine rings is 2. The summed E-state index contributed by atoms with van der Waals surface area (Å²) in [6.07, 6.45) is 1.75. The van der Waals surface area contributed by atoms with Crippen LogP contribution in [0.15, 0.2) is 53.6 Å². The van der Waals surface area contributed by atoms with Crippen molar-refractivity contribution in [3.05, 3.63) is 63.2 Å². The summed E-state index contributed by atoms with van der Waals surface area (Å²) in [7, 11) is 1.64. The van der Waals surface area contributed by atoms with Gasteiger partial charge in [0, 0.05) is 32.2 Å². The molecule has 0 unspecified atom stereocenters. The van der Waals surface area contributed by atoms with Crippen molar-refractivity contribution in [1.82, 2.24) is 9.97 Å². The molecular weight excluding hydrogens is 599 g/mol. The van der Waals surface area contributed by atoms with Gasteiger partial charge in [0.2, 0.25) is 5.95 Å². The van der Waals surface area contributed by atoms with Crippen molar-refractivity contribution in [3.63, 3.8) is 0 Å². The van der Waals surface area contributed by atoms with Gasteiger partial charge in [0.05, 0.1) is 43.3 Å². The molecule has 1 aromatic heterocycles. The van der Waals surface area contributed by atoms with E-state index in [0.29, 0.717) is 56.3 Å². The molecule has 0 saturated carbocycles. The summed E-state index contributed by atoms with van der Waals surface area (Å²) in [6, 6.07) is 15.9. The first-order valence-corrected chi connectivity index (χ1v) is 13.7. The number of halogens is 1. The van der Waals surface area contributed by atoms with Crippen LogP contribution in [0.3, 0.4) is 0 Å². The maximum absolute atomic E-state index is 6.08. The lowest BCUT2D eigenvalue weighted by molar-refractivity contribution is 0.121. The molecule has 11 heteroatoms. The Labute approximate surface area is 236 Å². The van der Waals surface area contributed by atoms with Crippen molar-refractivity contribution in [2.45, 2.75) is 6.61 Å². The summed E-state index contributed by atoms with van der Waals surface area (Å²) in [6.45, 7) is 6.26. The normalized spacial score (nSPS) is 16.1. The number of nitrogens with one attached hydrogen (secondary N) is 1. The Morgan fingerprint density at radius 2 is 1.68 bits per heavy atom. The quantitative estimate of drug-likeness (QED) is 0.216. The molecule has 3 aromatic rings. The third kappa shape index (κ3) is 6.83. The molecule has 2 saturated heterocycles. The molecule has 0 atom stereocenters. The van der Waals surface area contributed by atoms with E-state index in [-0.39, 0.29) is 0 Å². The lowest BCUT2D eigenvalue weighted by Gasteiger charge is -2.31. The molecule has 2 aliphatic rings. The lowest BCUT2D eigenvalue weighted by atomic mass is 10.2. The number of ether oxygens (including phenoxy) is 4. The number of rotatable bonds is 9. The van der Waals surface area contributed by atoms with Gasteiger partial charge in [-0.1, -0.05) is 30.3 Å². The first kappa shape index (κ1) is 26.4. The minimum absolute atomic E-state index is 0.465. The third-order valence-electron chi connectivity index (χ3n) is 6.20. The van der Waals surface area contributed by atoms with Gasteiger partial charge in [0.25, 0.3) is 0 Å². The molecule has 2 fully saturated rings. The van der Waals surface area contributed by atoms with Crippen molar-refractivity contribution in [3.8, 4) is 11.5 Å². The van der Waals surface area contributed by atoms with Crippen LogP contribution in [-0.4, -0.2) is 75.9 Å². The molecule has 10 nitrogen and oxygen atoms in total. The third-order valence-corrected chi connectivity index (χ3v) is 7.00. The second-order valence-corrected chi connectivity index (χ2v) is 9.95. The van der Waals surface area contributed by atoms with E-state index in [1.165, 1.54) is 0 Å². The Morgan fingerprint density at radius 3 is 2.39 bits per heavy atom. The van der Waals surface area contributed by atoms with Gasteiger partial charge in [-0.2, -0.15) is 15.1 Å². The van der Waals surface area contributed by atoms with Gasteiger partial charge in [-0.3, -0.25) is 5.43 Å². The SMILES string of the molecule is COc1cc(/C=N\Nc2cc(N3CCOCC3)nc(N3CCOCC3)n2)cc(I)c1OCc1ccccc1. The van der Waals surface area contributed by atoms with Crippen molar-refractivity contribution in [2.24, 2.45) is 5.10 Å². The largest absolute Gasteiger partial charge is 0.493 e. The molecule has 2 aromatic carbocycles. The highest BCUT2D eigenvalue weighted by Gasteiger charge is 2.19. The first-order chi connectivity index (χ1) is 18.7. The van der Waals surface area contributed by atoms with Crippen LogP contribution in [0.4, 0.5) is 17.6 Å². The van der Waals surface area contributed by atoms with Gasteiger partial charge in [-0.25, -0.2) is 0 Å². The zero-order chi connectivity index (χ0) is 26.2. The van der Waals surface area contributed by atoms with E-state index in [4.69, 9.17) is 28.9 Å². The van der Waals surface area contributed by atoms with E-state index >= 15 is 0 Å². The number of hydrazone groups is 1. The Morgan fingerprint density at radius 1 is 0.974 bits per heavy atom. The van der Waals surface area contributed by atoms with Gasteiger partial charge < -0.3 is 28.7 Å². The minimum Gasteiger partial charge on any atom is -0.493 e. The molecule has 3 heterocycles. The number of benzene rings is 2.